The Kier molecular flexibility index (Phi) is 5.93. The number of hydrogen-bond acceptors (Lipinski definition) is 6. The van der Waals surface area contributed by atoms with E-state index in [1.165, 1.54) is 18.4 Å². The van der Waals surface area contributed by atoms with E-state index in [4.69, 9.17) is 4.98 Å². The van der Waals surface area contributed by atoms with Crippen LogP contribution in [0.3, 0.4) is 0 Å². The predicted octanol–water partition coefficient (Wildman–Crippen LogP) is 5.25. The number of fused-ring (bicyclic) bond motifs is 1. The van der Waals surface area contributed by atoms with E-state index in [1.807, 2.05) is 28.8 Å². The Morgan fingerprint density at radius 3 is 3.00 bits per heavy atom. The third-order valence-corrected chi connectivity index (χ3v) is 7.06. The maximum atomic E-state index is 10.3. The van der Waals surface area contributed by atoms with E-state index in [-0.39, 0.29) is 5.75 Å². The van der Waals surface area contributed by atoms with Crippen LogP contribution in [0.2, 0.25) is 0 Å². The van der Waals surface area contributed by atoms with Gasteiger partial charge in [0.2, 0.25) is 0 Å². The number of aromatic hydroxyl groups is 1. The quantitative estimate of drug-likeness (QED) is 0.380. The summed E-state index contributed by atoms with van der Waals surface area (Å²) in [4.78, 5) is 7.27. The van der Waals surface area contributed by atoms with Crippen molar-refractivity contribution in [3.63, 3.8) is 0 Å². The molecule has 6 nitrogen and oxygen atoms in total. The molecule has 1 saturated heterocycles. The van der Waals surface area contributed by atoms with Crippen molar-refractivity contribution in [2.24, 2.45) is 5.92 Å². The van der Waals surface area contributed by atoms with Crippen LogP contribution >= 0.6 is 27.3 Å². The van der Waals surface area contributed by atoms with Crippen molar-refractivity contribution < 1.29 is 5.11 Å². The SMILES string of the molecule is Oc1ccccc1-c1cc(NCC2CCCN(Cc3ccsc3)C2)n2ncc(Br)c2n1. The normalized spacial score (nSPS) is 17.3. The van der Waals surface area contributed by atoms with Gasteiger partial charge in [0.1, 0.15) is 11.6 Å². The van der Waals surface area contributed by atoms with Gasteiger partial charge in [0.05, 0.1) is 16.4 Å². The van der Waals surface area contributed by atoms with Crippen molar-refractivity contribution in [1.82, 2.24) is 19.5 Å². The molecule has 1 aliphatic heterocycles. The van der Waals surface area contributed by atoms with Crippen LogP contribution in [0.15, 0.2) is 57.8 Å². The van der Waals surface area contributed by atoms with Gasteiger partial charge < -0.3 is 10.4 Å². The Labute approximate surface area is 193 Å². The lowest BCUT2D eigenvalue weighted by Crippen LogP contribution is -2.37. The van der Waals surface area contributed by atoms with Crippen LogP contribution in [0.4, 0.5) is 5.82 Å². The number of likely N-dealkylation sites (tertiary alicyclic amines) is 1. The van der Waals surface area contributed by atoms with Crippen molar-refractivity contribution in [2.75, 3.05) is 25.0 Å². The third kappa shape index (κ3) is 4.46. The van der Waals surface area contributed by atoms with Gasteiger partial charge >= 0.3 is 0 Å². The van der Waals surface area contributed by atoms with Crippen LogP contribution in [-0.2, 0) is 6.54 Å². The summed E-state index contributed by atoms with van der Waals surface area (Å²) in [5, 5.41) is 22.8. The zero-order valence-corrected chi connectivity index (χ0v) is 19.4. The second-order valence-corrected chi connectivity index (χ2v) is 9.66. The molecule has 1 aliphatic rings. The summed E-state index contributed by atoms with van der Waals surface area (Å²) in [6.07, 6.45) is 4.19. The van der Waals surface area contributed by atoms with Crippen molar-refractivity contribution in [1.29, 1.82) is 0 Å². The lowest BCUT2D eigenvalue weighted by Gasteiger charge is -2.32. The molecule has 0 bridgehead atoms. The summed E-state index contributed by atoms with van der Waals surface area (Å²) in [5.74, 6) is 1.67. The zero-order valence-electron chi connectivity index (χ0n) is 17.0. The number of aromatic nitrogens is 3. The fourth-order valence-corrected chi connectivity index (χ4v) is 5.25. The number of halogens is 1. The molecule has 1 unspecified atom stereocenters. The van der Waals surface area contributed by atoms with Crippen molar-refractivity contribution in [3.05, 3.63) is 63.4 Å². The third-order valence-electron chi connectivity index (χ3n) is 5.77. The molecule has 160 valence electrons. The van der Waals surface area contributed by atoms with Gasteiger partial charge in [-0.05, 0) is 75.8 Å². The number of benzene rings is 1. The van der Waals surface area contributed by atoms with Gasteiger partial charge in [-0.15, -0.1) is 0 Å². The van der Waals surface area contributed by atoms with Crippen molar-refractivity contribution in [3.8, 4) is 17.0 Å². The standard InChI is InChI=1S/C23H24BrN5OS/c24-19-12-26-29-22(10-20(27-23(19)29)18-5-1-2-6-21(18)30)25-11-16-4-3-8-28(13-16)14-17-7-9-31-15-17/h1-2,5-7,9-10,12,15-16,25,30H,3-4,8,11,13-14H2. The zero-order chi connectivity index (χ0) is 21.2. The van der Waals surface area contributed by atoms with Crippen LogP contribution in [0, 0.1) is 5.92 Å². The minimum atomic E-state index is 0.220. The molecule has 0 amide bonds. The topological polar surface area (TPSA) is 65.7 Å². The fourth-order valence-electron chi connectivity index (χ4n) is 4.24. The predicted molar refractivity (Wildman–Crippen MR) is 129 cm³/mol. The van der Waals surface area contributed by atoms with Gasteiger partial charge in [-0.1, -0.05) is 12.1 Å². The maximum Gasteiger partial charge on any atom is 0.172 e. The van der Waals surface area contributed by atoms with E-state index >= 15 is 0 Å². The minimum Gasteiger partial charge on any atom is -0.507 e. The van der Waals surface area contributed by atoms with Gasteiger partial charge in [0.25, 0.3) is 0 Å². The number of hydrogen-bond donors (Lipinski definition) is 2. The lowest BCUT2D eigenvalue weighted by molar-refractivity contribution is 0.173. The first-order valence-corrected chi connectivity index (χ1v) is 12.2. The van der Waals surface area contributed by atoms with Crippen molar-refractivity contribution >= 4 is 38.7 Å². The van der Waals surface area contributed by atoms with Gasteiger partial charge in [-0.3, -0.25) is 4.90 Å². The molecule has 1 fully saturated rings. The van der Waals surface area contributed by atoms with E-state index in [9.17, 15) is 5.11 Å². The Bertz CT molecular complexity index is 1180. The molecule has 0 aliphatic carbocycles. The Morgan fingerprint density at radius 1 is 1.26 bits per heavy atom. The number of phenolic OH excluding ortho intramolecular Hbond substituents is 1. The summed E-state index contributed by atoms with van der Waals surface area (Å²) < 4.78 is 2.65. The highest BCUT2D eigenvalue weighted by molar-refractivity contribution is 9.10. The molecular weight excluding hydrogens is 474 g/mol. The molecule has 0 radical (unpaired) electrons. The summed E-state index contributed by atoms with van der Waals surface area (Å²) in [5.41, 5.74) is 3.56. The molecule has 3 aromatic heterocycles. The highest BCUT2D eigenvalue weighted by Gasteiger charge is 2.21. The number of nitrogens with zero attached hydrogens (tertiary/aromatic N) is 4. The van der Waals surface area contributed by atoms with E-state index in [1.54, 1.807) is 23.6 Å². The number of anilines is 1. The number of phenols is 1. The Morgan fingerprint density at radius 2 is 2.16 bits per heavy atom. The number of nitrogens with one attached hydrogen (secondary N) is 1. The molecule has 1 aromatic carbocycles. The first kappa shape index (κ1) is 20.5. The van der Waals surface area contributed by atoms with E-state index < -0.39 is 0 Å². The summed E-state index contributed by atoms with van der Waals surface area (Å²) in [6.45, 7) is 4.15. The van der Waals surface area contributed by atoms with Gasteiger partial charge in [-0.2, -0.15) is 21.0 Å². The lowest BCUT2D eigenvalue weighted by atomic mass is 9.97. The molecule has 8 heteroatoms. The highest BCUT2D eigenvalue weighted by Crippen LogP contribution is 2.31. The average Bonchev–Trinajstić information content (AvgIpc) is 3.43. The van der Waals surface area contributed by atoms with Gasteiger partial charge in [-0.25, -0.2) is 4.98 Å². The molecule has 4 heterocycles. The van der Waals surface area contributed by atoms with E-state index in [0.29, 0.717) is 11.5 Å². The summed E-state index contributed by atoms with van der Waals surface area (Å²) >= 11 is 5.31. The Hall–Kier alpha value is -2.42. The smallest absolute Gasteiger partial charge is 0.172 e. The van der Waals surface area contributed by atoms with Crippen LogP contribution in [-0.4, -0.2) is 44.2 Å². The number of rotatable bonds is 6. The monoisotopic (exact) mass is 497 g/mol. The molecule has 31 heavy (non-hydrogen) atoms. The summed E-state index contributed by atoms with van der Waals surface area (Å²) in [7, 11) is 0. The molecular formula is C23H24BrN5OS. The number of para-hydroxylation sites is 1. The molecule has 5 rings (SSSR count). The molecule has 0 spiro atoms. The maximum absolute atomic E-state index is 10.3. The average molecular weight is 498 g/mol. The number of thiophene rings is 1. The second-order valence-electron chi connectivity index (χ2n) is 8.03. The van der Waals surface area contributed by atoms with Crippen LogP contribution in [0.1, 0.15) is 18.4 Å². The first-order valence-electron chi connectivity index (χ1n) is 10.5. The van der Waals surface area contributed by atoms with E-state index in [0.717, 1.165) is 47.8 Å². The molecule has 4 aromatic rings. The second kappa shape index (κ2) is 8.98. The molecule has 0 saturated carbocycles. The Balaban J connectivity index is 1.35. The summed E-state index contributed by atoms with van der Waals surface area (Å²) in [6, 6.07) is 11.5. The van der Waals surface area contributed by atoms with E-state index in [2.05, 4.69) is 48.1 Å². The first-order chi connectivity index (χ1) is 15.2. The fraction of sp³-hybridized carbons (Fsp3) is 0.304. The highest BCUT2D eigenvalue weighted by atomic mass is 79.9. The molecule has 1 atom stereocenters. The largest absolute Gasteiger partial charge is 0.507 e. The van der Waals surface area contributed by atoms with Crippen LogP contribution in [0.25, 0.3) is 16.9 Å². The van der Waals surface area contributed by atoms with Gasteiger partial charge in [0, 0.05) is 31.3 Å². The minimum absolute atomic E-state index is 0.220. The van der Waals surface area contributed by atoms with Crippen molar-refractivity contribution in [2.45, 2.75) is 19.4 Å². The number of piperidine rings is 1. The van der Waals surface area contributed by atoms with Crippen LogP contribution in [0.5, 0.6) is 5.75 Å². The van der Waals surface area contributed by atoms with Crippen LogP contribution < -0.4 is 5.32 Å². The molecule has 2 N–H and O–H groups in total. The van der Waals surface area contributed by atoms with Gasteiger partial charge in [0.15, 0.2) is 5.65 Å².